The first-order chi connectivity index (χ1) is 9.97. The third kappa shape index (κ3) is 3.75. The zero-order valence-corrected chi connectivity index (χ0v) is 12.2. The minimum absolute atomic E-state index is 0.173. The Morgan fingerprint density at radius 2 is 2.14 bits per heavy atom. The summed E-state index contributed by atoms with van der Waals surface area (Å²) in [5, 5.41) is 12.8. The van der Waals surface area contributed by atoms with Crippen LogP contribution < -0.4 is 4.74 Å². The summed E-state index contributed by atoms with van der Waals surface area (Å²) < 4.78 is 10.7. The van der Waals surface area contributed by atoms with Crippen LogP contribution in [-0.2, 0) is 11.3 Å². The molecule has 0 aliphatic heterocycles. The highest BCUT2D eigenvalue weighted by molar-refractivity contribution is 5.91. The second-order valence-corrected chi connectivity index (χ2v) is 4.92. The Morgan fingerprint density at radius 1 is 1.38 bits per heavy atom. The van der Waals surface area contributed by atoms with Gasteiger partial charge in [0.15, 0.2) is 0 Å². The van der Waals surface area contributed by atoms with Gasteiger partial charge >= 0.3 is 5.97 Å². The summed E-state index contributed by atoms with van der Waals surface area (Å²) in [6.07, 6.45) is 1.18. The quantitative estimate of drug-likeness (QED) is 0.676. The summed E-state index contributed by atoms with van der Waals surface area (Å²) in [6.45, 7) is 5.68. The molecule has 1 aromatic carbocycles. The van der Waals surface area contributed by atoms with Gasteiger partial charge in [-0.3, -0.25) is 0 Å². The lowest BCUT2D eigenvalue weighted by molar-refractivity contribution is 0.0374. The van der Waals surface area contributed by atoms with E-state index in [1.807, 2.05) is 13.0 Å². The standard InChI is InChI=1S/C15H18N2O4/c1-10(2)21-15(18)12-6-4-5-11(3)13(12)9-20-14-7-8-17(19)16-14/h4-8,10,19H,9H2,1-3H3. The van der Waals surface area contributed by atoms with Gasteiger partial charge < -0.3 is 14.7 Å². The van der Waals surface area contributed by atoms with Crippen LogP contribution in [0, 0.1) is 6.92 Å². The topological polar surface area (TPSA) is 73.6 Å². The van der Waals surface area contributed by atoms with Gasteiger partial charge in [0.1, 0.15) is 6.61 Å². The lowest BCUT2D eigenvalue weighted by Crippen LogP contribution is -2.15. The highest BCUT2D eigenvalue weighted by Crippen LogP contribution is 2.18. The van der Waals surface area contributed by atoms with E-state index >= 15 is 0 Å². The number of esters is 1. The van der Waals surface area contributed by atoms with Crippen LogP contribution in [-0.4, -0.2) is 27.2 Å². The maximum absolute atomic E-state index is 12.1. The van der Waals surface area contributed by atoms with Gasteiger partial charge in [-0.15, -0.1) is 4.85 Å². The molecule has 0 fully saturated rings. The van der Waals surface area contributed by atoms with Crippen molar-refractivity contribution >= 4 is 5.97 Å². The molecule has 112 valence electrons. The molecular weight excluding hydrogens is 272 g/mol. The summed E-state index contributed by atoms with van der Waals surface area (Å²) in [4.78, 5) is 12.8. The zero-order chi connectivity index (χ0) is 15.4. The van der Waals surface area contributed by atoms with E-state index in [4.69, 9.17) is 14.7 Å². The van der Waals surface area contributed by atoms with Crippen LogP contribution in [0.4, 0.5) is 0 Å². The molecule has 21 heavy (non-hydrogen) atoms. The summed E-state index contributed by atoms with van der Waals surface area (Å²) in [6, 6.07) is 6.94. The van der Waals surface area contributed by atoms with E-state index in [0.29, 0.717) is 10.4 Å². The van der Waals surface area contributed by atoms with Crippen molar-refractivity contribution in [2.24, 2.45) is 0 Å². The lowest BCUT2D eigenvalue weighted by atomic mass is 10.0. The van der Waals surface area contributed by atoms with Crippen LogP contribution in [0.25, 0.3) is 0 Å². The van der Waals surface area contributed by atoms with E-state index in [1.165, 1.54) is 12.3 Å². The van der Waals surface area contributed by atoms with E-state index in [1.54, 1.807) is 26.0 Å². The smallest absolute Gasteiger partial charge is 0.338 e. The molecule has 6 heteroatoms. The molecule has 6 nitrogen and oxygen atoms in total. The lowest BCUT2D eigenvalue weighted by Gasteiger charge is -2.14. The molecule has 0 saturated carbocycles. The summed E-state index contributed by atoms with van der Waals surface area (Å²) >= 11 is 0. The van der Waals surface area contributed by atoms with Gasteiger partial charge in [-0.25, -0.2) is 4.79 Å². The molecule has 0 saturated heterocycles. The highest BCUT2D eigenvalue weighted by Gasteiger charge is 2.16. The number of nitrogens with zero attached hydrogens (tertiary/aromatic N) is 2. The van der Waals surface area contributed by atoms with Gasteiger partial charge in [-0.05, 0) is 32.4 Å². The van der Waals surface area contributed by atoms with E-state index in [0.717, 1.165) is 11.1 Å². The number of aryl methyl sites for hydroxylation is 1. The van der Waals surface area contributed by atoms with Gasteiger partial charge in [-0.1, -0.05) is 17.2 Å². The van der Waals surface area contributed by atoms with Crippen LogP contribution in [0.3, 0.4) is 0 Å². The van der Waals surface area contributed by atoms with Gasteiger partial charge in [0.25, 0.3) is 0 Å². The summed E-state index contributed by atoms with van der Waals surface area (Å²) in [7, 11) is 0. The zero-order valence-electron chi connectivity index (χ0n) is 12.2. The Labute approximate surface area is 122 Å². The molecule has 1 heterocycles. The van der Waals surface area contributed by atoms with Crippen LogP contribution in [0.1, 0.15) is 35.3 Å². The number of ether oxygens (including phenoxy) is 2. The van der Waals surface area contributed by atoms with Gasteiger partial charge in [0.05, 0.1) is 17.9 Å². The molecule has 0 atom stereocenters. The van der Waals surface area contributed by atoms with E-state index in [-0.39, 0.29) is 24.6 Å². The molecule has 0 unspecified atom stereocenters. The van der Waals surface area contributed by atoms with Crippen molar-refractivity contribution in [2.45, 2.75) is 33.5 Å². The molecular formula is C15H18N2O4. The van der Waals surface area contributed by atoms with Crippen molar-refractivity contribution in [1.82, 2.24) is 9.94 Å². The Kier molecular flexibility index (Phi) is 4.47. The minimum Gasteiger partial charge on any atom is -0.472 e. The fraction of sp³-hybridized carbons (Fsp3) is 0.333. The molecule has 0 radical (unpaired) electrons. The number of hydrogen-bond donors (Lipinski definition) is 1. The van der Waals surface area contributed by atoms with Crippen molar-refractivity contribution in [1.29, 1.82) is 0 Å². The number of rotatable bonds is 5. The highest BCUT2D eigenvalue weighted by atomic mass is 16.5. The van der Waals surface area contributed by atoms with Gasteiger partial charge in [0, 0.05) is 11.6 Å². The van der Waals surface area contributed by atoms with Crippen LogP contribution >= 0.6 is 0 Å². The molecule has 0 aliphatic rings. The number of hydrogen-bond acceptors (Lipinski definition) is 5. The first-order valence-corrected chi connectivity index (χ1v) is 6.64. The molecule has 0 spiro atoms. The summed E-state index contributed by atoms with van der Waals surface area (Å²) in [5.74, 6) is -0.0936. The Morgan fingerprint density at radius 3 is 2.76 bits per heavy atom. The first kappa shape index (κ1) is 14.9. The van der Waals surface area contributed by atoms with E-state index in [2.05, 4.69) is 5.10 Å². The van der Waals surface area contributed by atoms with Crippen LogP contribution in [0.5, 0.6) is 5.88 Å². The molecule has 0 bridgehead atoms. The SMILES string of the molecule is Cc1cccc(C(=O)OC(C)C)c1COc1ccn(O)n1. The maximum atomic E-state index is 12.1. The third-order valence-electron chi connectivity index (χ3n) is 2.89. The van der Waals surface area contributed by atoms with Crippen LogP contribution in [0.2, 0.25) is 0 Å². The fourth-order valence-corrected chi connectivity index (χ4v) is 1.88. The molecule has 1 N–H and O–H groups in total. The minimum atomic E-state index is -0.375. The van der Waals surface area contributed by atoms with E-state index < -0.39 is 0 Å². The average Bonchev–Trinajstić information content (AvgIpc) is 2.82. The van der Waals surface area contributed by atoms with Crippen molar-refractivity contribution in [3.63, 3.8) is 0 Å². The predicted molar refractivity (Wildman–Crippen MR) is 75.5 cm³/mol. The van der Waals surface area contributed by atoms with Gasteiger partial charge in [0.2, 0.25) is 5.88 Å². The fourth-order valence-electron chi connectivity index (χ4n) is 1.88. The monoisotopic (exact) mass is 290 g/mol. The number of aromatic nitrogens is 2. The molecule has 1 aromatic heterocycles. The normalized spacial score (nSPS) is 10.7. The Balaban J connectivity index is 2.19. The second kappa shape index (κ2) is 6.30. The second-order valence-electron chi connectivity index (χ2n) is 4.92. The van der Waals surface area contributed by atoms with Crippen molar-refractivity contribution in [2.75, 3.05) is 0 Å². The third-order valence-corrected chi connectivity index (χ3v) is 2.89. The Bertz CT molecular complexity index is 634. The van der Waals surface area contributed by atoms with Crippen LogP contribution in [0.15, 0.2) is 30.5 Å². The van der Waals surface area contributed by atoms with Crippen molar-refractivity contribution in [3.05, 3.63) is 47.2 Å². The molecule has 0 amide bonds. The van der Waals surface area contributed by atoms with Crippen molar-refractivity contribution < 1.29 is 19.5 Å². The average molecular weight is 290 g/mol. The largest absolute Gasteiger partial charge is 0.472 e. The molecule has 0 aliphatic carbocycles. The number of carbonyl (C=O) groups is 1. The Hall–Kier alpha value is -2.50. The summed E-state index contributed by atoms with van der Waals surface area (Å²) in [5.41, 5.74) is 2.15. The van der Waals surface area contributed by atoms with E-state index in [9.17, 15) is 4.79 Å². The number of benzene rings is 1. The molecule has 2 aromatic rings. The van der Waals surface area contributed by atoms with Gasteiger partial charge in [-0.2, -0.15) is 0 Å². The van der Waals surface area contributed by atoms with Crippen molar-refractivity contribution in [3.8, 4) is 5.88 Å². The molecule has 2 rings (SSSR count). The predicted octanol–water partition coefficient (Wildman–Crippen LogP) is 2.57. The number of carbonyl (C=O) groups excluding carboxylic acids is 1. The maximum Gasteiger partial charge on any atom is 0.338 e. The first-order valence-electron chi connectivity index (χ1n) is 6.64.